The molecule has 14 heavy (non-hydrogen) atoms. The smallest absolute Gasteiger partial charge is 0.0551 e. The van der Waals surface area contributed by atoms with Gasteiger partial charge in [0.1, 0.15) is 0 Å². The van der Waals surface area contributed by atoms with Gasteiger partial charge in [0.05, 0.1) is 6.04 Å². The van der Waals surface area contributed by atoms with Gasteiger partial charge in [-0.1, -0.05) is 25.1 Å². The van der Waals surface area contributed by atoms with Crippen molar-refractivity contribution in [3.05, 3.63) is 35.2 Å². The number of thiophene rings is 1. The monoisotopic (exact) mass is 206 g/mol. The first-order valence-electron chi connectivity index (χ1n) is 4.79. The summed E-state index contributed by atoms with van der Waals surface area (Å²) in [4.78, 5) is 1.32. The van der Waals surface area contributed by atoms with E-state index in [1.165, 1.54) is 15.0 Å². The number of hydrazine groups is 1. The largest absolute Gasteiger partial charge is 0.271 e. The van der Waals surface area contributed by atoms with E-state index in [2.05, 4.69) is 42.7 Å². The fraction of sp³-hybridized carbons (Fsp3) is 0.273. The lowest BCUT2D eigenvalue weighted by Crippen LogP contribution is -2.26. The molecule has 0 radical (unpaired) electrons. The molecule has 1 aromatic carbocycles. The van der Waals surface area contributed by atoms with Crippen LogP contribution in [0.5, 0.6) is 0 Å². The van der Waals surface area contributed by atoms with Crippen LogP contribution >= 0.6 is 11.3 Å². The summed E-state index contributed by atoms with van der Waals surface area (Å²) >= 11 is 1.81. The summed E-state index contributed by atoms with van der Waals surface area (Å²) < 4.78 is 1.33. The Balaban J connectivity index is 2.43. The molecule has 0 amide bonds. The normalized spacial score (nSPS) is 13.3. The predicted octanol–water partition coefficient (Wildman–Crippen LogP) is 2.82. The van der Waals surface area contributed by atoms with Gasteiger partial charge < -0.3 is 0 Å². The molecule has 1 atom stereocenters. The molecule has 1 aromatic heterocycles. The minimum Gasteiger partial charge on any atom is -0.271 e. The van der Waals surface area contributed by atoms with Gasteiger partial charge in [-0.05, 0) is 23.9 Å². The van der Waals surface area contributed by atoms with Crippen LogP contribution < -0.4 is 11.3 Å². The molecule has 0 bridgehead atoms. The van der Waals surface area contributed by atoms with Crippen molar-refractivity contribution in [1.82, 2.24) is 5.43 Å². The molecule has 2 rings (SSSR count). The van der Waals surface area contributed by atoms with E-state index in [-0.39, 0.29) is 6.04 Å². The summed E-state index contributed by atoms with van der Waals surface area (Å²) in [6.45, 7) is 2.13. The maximum Gasteiger partial charge on any atom is 0.0551 e. The molecule has 3 heteroatoms. The van der Waals surface area contributed by atoms with Gasteiger partial charge in [-0.2, -0.15) is 0 Å². The molecule has 1 unspecified atom stereocenters. The first kappa shape index (κ1) is 9.65. The lowest BCUT2D eigenvalue weighted by molar-refractivity contribution is 0.548. The van der Waals surface area contributed by atoms with Crippen molar-refractivity contribution in [3.8, 4) is 0 Å². The quantitative estimate of drug-likeness (QED) is 0.598. The van der Waals surface area contributed by atoms with Crippen molar-refractivity contribution in [2.75, 3.05) is 0 Å². The molecule has 0 fully saturated rings. The number of fused-ring (bicyclic) bond motifs is 1. The van der Waals surface area contributed by atoms with Crippen LogP contribution in [0, 0.1) is 0 Å². The van der Waals surface area contributed by atoms with Crippen LogP contribution in [0.25, 0.3) is 10.1 Å². The van der Waals surface area contributed by atoms with Crippen molar-refractivity contribution in [3.63, 3.8) is 0 Å². The average molecular weight is 206 g/mol. The molecule has 0 saturated heterocycles. The number of benzene rings is 1. The standard InChI is InChI=1S/C11H14N2S/c1-2-9(13-12)11-7-8-5-3-4-6-10(8)14-11/h3-7,9,13H,2,12H2,1H3. The maximum atomic E-state index is 5.49. The van der Waals surface area contributed by atoms with Gasteiger partial charge >= 0.3 is 0 Å². The van der Waals surface area contributed by atoms with Crippen LogP contribution in [0.3, 0.4) is 0 Å². The van der Waals surface area contributed by atoms with Crippen molar-refractivity contribution >= 4 is 21.4 Å². The predicted molar refractivity (Wildman–Crippen MR) is 62.2 cm³/mol. The molecule has 74 valence electrons. The highest BCUT2D eigenvalue weighted by molar-refractivity contribution is 7.19. The third-order valence-corrected chi connectivity index (χ3v) is 3.63. The van der Waals surface area contributed by atoms with E-state index in [1.54, 1.807) is 0 Å². The molecule has 0 spiro atoms. The van der Waals surface area contributed by atoms with Crippen molar-refractivity contribution in [1.29, 1.82) is 0 Å². The highest BCUT2D eigenvalue weighted by atomic mass is 32.1. The van der Waals surface area contributed by atoms with Crippen LogP contribution in [-0.4, -0.2) is 0 Å². The van der Waals surface area contributed by atoms with E-state index in [0.29, 0.717) is 0 Å². The second-order valence-corrected chi connectivity index (χ2v) is 4.43. The lowest BCUT2D eigenvalue weighted by atomic mass is 10.2. The molecular formula is C11H14N2S. The fourth-order valence-corrected chi connectivity index (χ4v) is 2.78. The highest BCUT2D eigenvalue weighted by Gasteiger charge is 2.09. The van der Waals surface area contributed by atoms with Crippen LogP contribution in [-0.2, 0) is 0 Å². The molecule has 0 aliphatic heterocycles. The van der Waals surface area contributed by atoms with Gasteiger partial charge in [0, 0.05) is 9.58 Å². The number of rotatable bonds is 3. The Morgan fingerprint density at radius 3 is 2.86 bits per heavy atom. The molecule has 3 N–H and O–H groups in total. The number of nitrogens with two attached hydrogens (primary N) is 1. The first-order chi connectivity index (χ1) is 6.85. The van der Waals surface area contributed by atoms with E-state index >= 15 is 0 Å². The van der Waals surface area contributed by atoms with Gasteiger partial charge in [-0.15, -0.1) is 11.3 Å². The Bertz CT molecular complexity index is 385. The number of hydrogen-bond acceptors (Lipinski definition) is 3. The second-order valence-electron chi connectivity index (χ2n) is 3.31. The fourth-order valence-electron chi connectivity index (χ4n) is 1.58. The third kappa shape index (κ3) is 1.66. The van der Waals surface area contributed by atoms with Crippen molar-refractivity contribution in [2.45, 2.75) is 19.4 Å². The van der Waals surface area contributed by atoms with Crippen molar-refractivity contribution in [2.24, 2.45) is 5.84 Å². The zero-order valence-corrected chi connectivity index (χ0v) is 8.97. The molecule has 1 heterocycles. The van der Waals surface area contributed by atoms with Crippen molar-refractivity contribution < 1.29 is 0 Å². The van der Waals surface area contributed by atoms with E-state index in [1.807, 2.05) is 11.3 Å². The Kier molecular flexibility index (Phi) is 2.82. The summed E-state index contributed by atoms with van der Waals surface area (Å²) in [5, 5.41) is 1.31. The van der Waals surface area contributed by atoms with Crippen LogP contribution in [0.2, 0.25) is 0 Å². The Labute approximate surface area is 87.7 Å². The Hall–Kier alpha value is -0.900. The minimum absolute atomic E-state index is 0.285. The van der Waals surface area contributed by atoms with Gasteiger partial charge in [0.25, 0.3) is 0 Å². The summed E-state index contributed by atoms with van der Waals surface area (Å²) in [5.74, 6) is 5.49. The third-order valence-electron chi connectivity index (χ3n) is 2.40. The van der Waals surface area contributed by atoms with Gasteiger partial charge in [-0.3, -0.25) is 11.3 Å². The summed E-state index contributed by atoms with van der Waals surface area (Å²) in [5.41, 5.74) is 2.84. The van der Waals surface area contributed by atoms with Gasteiger partial charge in [0.15, 0.2) is 0 Å². The van der Waals surface area contributed by atoms with E-state index in [0.717, 1.165) is 6.42 Å². The lowest BCUT2D eigenvalue weighted by Gasteiger charge is -2.09. The van der Waals surface area contributed by atoms with Gasteiger partial charge in [-0.25, -0.2) is 0 Å². The van der Waals surface area contributed by atoms with Gasteiger partial charge in [0.2, 0.25) is 0 Å². The molecule has 2 aromatic rings. The molecule has 2 nitrogen and oxygen atoms in total. The molecule has 0 aliphatic carbocycles. The maximum absolute atomic E-state index is 5.49. The minimum atomic E-state index is 0.285. The van der Waals surface area contributed by atoms with E-state index in [9.17, 15) is 0 Å². The first-order valence-corrected chi connectivity index (χ1v) is 5.61. The summed E-state index contributed by atoms with van der Waals surface area (Å²) in [6, 6.07) is 10.9. The summed E-state index contributed by atoms with van der Waals surface area (Å²) in [6.07, 6.45) is 1.02. The Morgan fingerprint density at radius 1 is 1.43 bits per heavy atom. The van der Waals surface area contributed by atoms with Crippen LogP contribution in [0.1, 0.15) is 24.3 Å². The SMILES string of the molecule is CCC(NN)c1cc2ccccc2s1. The zero-order chi connectivity index (χ0) is 9.97. The molecule has 0 saturated carbocycles. The van der Waals surface area contributed by atoms with Crippen LogP contribution in [0.4, 0.5) is 0 Å². The molecule has 0 aliphatic rings. The van der Waals surface area contributed by atoms with E-state index in [4.69, 9.17) is 5.84 Å². The number of nitrogens with one attached hydrogen (secondary N) is 1. The highest BCUT2D eigenvalue weighted by Crippen LogP contribution is 2.30. The summed E-state index contributed by atoms with van der Waals surface area (Å²) in [7, 11) is 0. The second kappa shape index (κ2) is 4.09. The molecular weight excluding hydrogens is 192 g/mol. The number of hydrogen-bond donors (Lipinski definition) is 2. The average Bonchev–Trinajstić information content (AvgIpc) is 2.63. The van der Waals surface area contributed by atoms with E-state index < -0.39 is 0 Å². The Morgan fingerprint density at radius 2 is 2.21 bits per heavy atom. The van der Waals surface area contributed by atoms with Crippen LogP contribution in [0.15, 0.2) is 30.3 Å². The topological polar surface area (TPSA) is 38.0 Å². The zero-order valence-electron chi connectivity index (χ0n) is 8.16.